The Morgan fingerprint density at radius 2 is 1.75 bits per heavy atom. The van der Waals surface area contributed by atoms with Crippen LogP contribution in [-0.2, 0) is 37.8 Å². The Bertz CT molecular complexity index is 1060. The number of ether oxygens (including phenoxy) is 1. The second-order valence-electron chi connectivity index (χ2n) is 7.52. The smallest absolute Gasteiger partial charge is 0.306 e. The normalized spacial score (nSPS) is 12.6. The molecule has 9 nitrogen and oxygen atoms in total. The first-order valence-corrected chi connectivity index (χ1v) is 12.0. The summed E-state index contributed by atoms with van der Waals surface area (Å²) in [5.41, 5.74) is 2.91. The number of esters is 1. The van der Waals surface area contributed by atoms with Crippen LogP contribution < -0.4 is 5.32 Å². The van der Waals surface area contributed by atoms with Crippen LogP contribution in [0.25, 0.3) is 0 Å². The number of benzene rings is 1. The number of carbonyl (C=O) groups is 2. The van der Waals surface area contributed by atoms with Crippen LogP contribution >= 0.6 is 0 Å². The number of anilines is 1. The van der Waals surface area contributed by atoms with E-state index in [2.05, 4.69) is 10.4 Å². The third kappa shape index (κ3) is 5.95. The van der Waals surface area contributed by atoms with Crippen molar-refractivity contribution in [2.45, 2.75) is 58.5 Å². The molecule has 0 aliphatic heterocycles. The molecule has 0 saturated carbocycles. The van der Waals surface area contributed by atoms with Crippen molar-refractivity contribution in [3.8, 4) is 0 Å². The highest BCUT2D eigenvalue weighted by Crippen LogP contribution is 2.19. The molecule has 2 rings (SSSR count). The Hall–Kier alpha value is -2.72. The largest absolute Gasteiger partial charge is 0.453 e. The molecule has 2 aromatic rings. The summed E-state index contributed by atoms with van der Waals surface area (Å²) in [4.78, 5) is 24.8. The summed E-state index contributed by atoms with van der Waals surface area (Å²) in [6.45, 7) is 9.53. The minimum atomic E-state index is -3.51. The van der Waals surface area contributed by atoms with Gasteiger partial charge in [0.05, 0.1) is 22.0 Å². The van der Waals surface area contributed by atoms with Gasteiger partial charge in [0.15, 0.2) is 6.10 Å². The molecule has 0 aliphatic carbocycles. The standard InChI is InChI=1S/C22H32N4O5S/c1-7-26(8-2)32(29,30)19-12-9-18(10-13-19)11-14-20(27)31-17(5)22(28)23-21-15(3)24-25(6)16(21)4/h9-10,12-13,17H,7-8,11,14H2,1-6H3,(H,23,28). The third-order valence-electron chi connectivity index (χ3n) is 5.32. The molecule has 1 unspecified atom stereocenters. The lowest BCUT2D eigenvalue weighted by Crippen LogP contribution is -2.30. The topological polar surface area (TPSA) is 111 Å². The number of hydrogen-bond acceptors (Lipinski definition) is 6. The van der Waals surface area contributed by atoms with Gasteiger partial charge < -0.3 is 10.1 Å². The number of amides is 1. The molecule has 0 bridgehead atoms. The van der Waals surface area contributed by atoms with Crippen LogP contribution in [0.1, 0.15) is 44.1 Å². The van der Waals surface area contributed by atoms with Crippen LogP contribution in [0.3, 0.4) is 0 Å². The molecule has 1 aromatic heterocycles. The quantitative estimate of drug-likeness (QED) is 0.541. The summed E-state index contributed by atoms with van der Waals surface area (Å²) >= 11 is 0. The van der Waals surface area contributed by atoms with Gasteiger partial charge in [-0.15, -0.1) is 0 Å². The Morgan fingerprint density at radius 1 is 1.16 bits per heavy atom. The third-order valence-corrected chi connectivity index (χ3v) is 7.38. The van der Waals surface area contributed by atoms with Gasteiger partial charge in [-0.25, -0.2) is 8.42 Å². The molecule has 0 spiro atoms. The summed E-state index contributed by atoms with van der Waals surface area (Å²) in [5, 5.41) is 7.00. The second kappa shape index (κ2) is 10.7. The summed E-state index contributed by atoms with van der Waals surface area (Å²) in [6, 6.07) is 6.47. The maximum absolute atomic E-state index is 12.5. The lowest BCUT2D eigenvalue weighted by atomic mass is 10.1. The van der Waals surface area contributed by atoms with Gasteiger partial charge in [0.2, 0.25) is 10.0 Å². The van der Waals surface area contributed by atoms with Crippen molar-refractivity contribution in [2.75, 3.05) is 18.4 Å². The van der Waals surface area contributed by atoms with Gasteiger partial charge in [0.25, 0.3) is 5.91 Å². The second-order valence-corrected chi connectivity index (χ2v) is 9.46. The Kier molecular flexibility index (Phi) is 8.57. The fraction of sp³-hybridized carbons (Fsp3) is 0.500. The van der Waals surface area contributed by atoms with E-state index in [-0.39, 0.29) is 11.3 Å². The molecule has 1 aromatic carbocycles. The zero-order valence-electron chi connectivity index (χ0n) is 19.5. The van der Waals surface area contributed by atoms with E-state index in [1.54, 1.807) is 56.8 Å². The average Bonchev–Trinajstić information content (AvgIpc) is 2.99. The van der Waals surface area contributed by atoms with Crippen molar-refractivity contribution >= 4 is 27.6 Å². The highest BCUT2D eigenvalue weighted by molar-refractivity contribution is 7.89. The van der Waals surface area contributed by atoms with Gasteiger partial charge in [0, 0.05) is 26.6 Å². The number of carbonyl (C=O) groups excluding carboxylic acids is 2. The number of nitrogens with zero attached hydrogens (tertiary/aromatic N) is 3. The van der Waals surface area contributed by atoms with Crippen molar-refractivity contribution in [3.05, 3.63) is 41.2 Å². The molecule has 1 N–H and O–H groups in total. The maximum Gasteiger partial charge on any atom is 0.306 e. The van der Waals surface area contributed by atoms with E-state index in [1.165, 1.54) is 11.2 Å². The van der Waals surface area contributed by atoms with E-state index in [0.717, 1.165) is 11.3 Å². The fourth-order valence-corrected chi connectivity index (χ4v) is 4.73. The van der Waals surface area contributed by atoms with E-state index in [9.17, 15) is 18.0 Å². The van der Waals surface area contributed by atoms with Crippen molar-refractivity contribution < 1.29 is 22.7 Å². The molecule has 0 saturated heterocycles. The molecule has 1 atom stereocenters. The Balaban J connectivity index is 1.90. The van der Waals surface area contributed by atoms with E-state index in [1.807, 2.05) is 6.92 Å². The van der Waals surface area contributed by atoms with Gasteiger partial charge in [-0.3, -0.25) is 14.3 Å². The van der Waals surface area contributed by atoms with E-state index in [0.29, 0.717) is 30.9 Å². The summed E-state index contributed by atoms with van der Waals surface area (Å²) in [6.07, 6.45) is -0.507. The number of aryl methyl sites for hydroxylation is 3. The molecule has 0 radical (unpaired) electrons. The van der Waals surface area contributed by atoms with Gasteiger partial charge in [-0.05, 0) is 44.9 Å². The van der Waals surface area contributed by atoms with Crippen LogP contribution in [0.15, 0.2) is 29.2 Å². The molecular formula is C22H32N4O5S. The number of nitrogens with one attached hydrogen (secondary N) is 1. The zero-order valence-corrected chi connectivity index (χ0v) is 20.3. The van der Waals surface area contributed by atoms with E-state index >= 15 is 0 Å². The molecule has 176 valence electrons. The van der Waals surface area contributed by atoms with Gasteiger partial charge >= 0.3 is 5.97 Å². The number of hydrogen-bond donors (Lipinski definition) is 1. The summed E-state index contributed by atoms with van der Waals surface area (Å²) in [5.74, 6) is -0.935. The first-order chi connectivity index (χ1) is 15.0. The summed E-state index contributed by atoms with van der Waals surface area (Å²) in [7, 11) is -1.73. The predicted molar refractivity (Wildman–Crippen MR) is 122 cm³/mol. The summed E-state index contributed by atoms with van der Waals surface area (Å²) < 4.78 is 33.4. The minimum absolute atomic E-state index is 0.0741. The van der Waals surface area contributed by atoms with Crippen molar-refractivity contribution in [1.82, 2.24) is 14.1 Å². The predicted octanol–water partition coefficient (Wildman–Crippen LogP) is 2.57. The van der Waals surface area contributed by atoms with Gasteiger partial charge in [-0.2, -0.15) is 9.40 Å². The SMILES string of the molecule is CCN(CC)S(=O)(=O)c1ccc(CCC(=O)OC(C)C(=O)Nc2c(C)nn(C)c2C)cc1. The number of aromatic nitrogens is 2. The number of sulfonamides is 1. The van der Waals surface area contributed by atoms with Crippen molar-refractivity contribution in [1.29, 1.82) is 0 Å². The molecular weight excluding hydrogens is 432 g/mol. The van der Waals surface area contributed by atoms with E-state index in [4.69, 9.17) is 4.74 Å². The van der Waals surface area contributed by atoms with Crippen LogP contribution in [-0.4, -0.2) is 53.6 Å². The van der Waals surface area contributed by atoms with Crippen LogP contribution in [0.4, 0.5) is 5.69 Å². The highest BCUT2D eigenvalue weighted by atomic mass is 32.2. The van der Waals surface area contributed by atoms with Gasteiger partial charge in [-0.1, -0.05) is 26.0 Å². The number of rotatable bonds is 10. The molecule has 1 heterocycles. The molecule has 0 aliphatic rings. The Morgan fingerprint density at radius 3 is 2.25 bits per heavy atom. The minimum Gasteiger partial charge on any atom is -0.453 e. The zero-order chi connectivity index (χ0) is 24.1. The Labute approximate surface area is 189 Å². The van der Waals surface area contributed by atoms with Crippen LogP contribution in [0.5, 0.6) is 0 Å². The first-order valence-electron chi connectivity index (χ1n) is 10.6. The molecule has 32 heavy (non-hydrogen) atoms. The lowest BCUT2D eigenvalue weighted by molar-refractivity contribution is -0.153. The van der Waals surface area contributed by atoms with E-state index < -0.39 is 28.0 Å². The first kappa shape index (κ1) is 25.5. The van der Waals surface area contributed by atoms with Crippen molar-refractivity contribution in [2.24, 2.45) is 7.05 Å². The fourth-order valence-electron chi connectivity index (χ4n) is 3.28. The lowest BCUT2D eigenvalue weighted by Gasteiger charge is -2.18. The van der Waals surface area contributed by atoms with Crippen LogP contribution in [0, 0.1) is 13.8 Å². The van der Waals surface area contributed by atoms with Crippen molar-refractivity contribution in [3.63, 3.8) is 0 Å². The molecule has 10 heteroatoms. The molecule has 0 fully saturated rings. The monoisotopic (exact) mass is 464 g/mol. The van der Waals surface area contributed by atoms with Gasteiger partial charge in [0.1, 0.15) is 0 Å². The highest BCUT2D eigenvalue weighted by Gasteiger charge is 2.22. The average molecular weight is 465 g/mol. The van der Waals surface area contributed by atoms with Crippen LogP contribution in [0.2, 0.25) is 0 Å². The maximum atomic E-state index is 12.5. The molecule has 1 amide bonds.